The molecule has 1 aliphatic rings. The average Bonchev–Trinajstić information content (AvgIpc) is 2.43. The molecule has 2 heterocycles. The highest BCUT2D eigenvalue weighted by Gasteiger charge is 2.25. The predicted octanol–water partition coefficient (Wildman–Crippen LogP) is 4.13. The molecule has 3 rings (SSSR count). The van der Waals surface area contributed by atoms with Crippen LogP contribution in [0.2, 0.25) is 0 Å². The molecule has 0 aliphatic heterocycles. The molecule has 0 N–H and O–H groups in total. The molecule has 0 bridgehead atoms. The lowest BCUT2D eigenvalue weighted by molar-refractivity contribution is 0.400. The molecule has 2 aromatic heterocycles. The van der Waals surface area contributed by atoms with Crippen LogP contribution < -0.4 is 0 Å². The highest BCUT2D eigenvalue weighted by molar-refractivity contribution is 9.11. The molecular formula is C11H10Br2N2. The molecule has 4 heteroatoms. The van der Waals surface area contributed by atoms with Gasteiger partial charge in [-0.1, -0.05) is 6.42 Å². The Balaban J connectivity index is 2.27. The molecule has 0 saturated heterocycles. The fourth-order valence-electron chi connectivity index (χ4n) is 2.03. The third-order valence-corrected chi connectivity index (χ3v) is 4.26. The third kappa shape index (κ3) is 1.46. The van der Waals surface area contributed by atoms with Gasteiger partial charge in [-0.2, -0.15) is 0 Å². The minimum absolute atomic E-state index is 0.651. The van der Waals surface area contributed by atoms with Gasteiger partial charge in [-0.15, -0.1) is 0 Å². The highest BCUT2D eigenvalue weighted by Crippen LogP contribution is 2.38. The Labute approximate surface area is 105 Å². The van der Waals surface area contributed by atoms with Crippen molar-refractivity contribution >= 4 is 37.4 Å². The molecule has 0 aromatic carbocycles. The van der Waals surface area contributed by atoms with E-state index in [2.05, 4.69) is 47.4 Å². The number of imidazole rings is 1. The zero-order chi connectivity index (χ0) is 10.4. The number of nitrogens with zero attached hydrogens (tertiary/aromatic N) is 2. The Hall–Kier alpha value is -0.350. The van der Waals surface area contributed by atoms with Gasteiger partial charge in [0.05, 0.1) is 5.52 Å². The van der Waals surface area contributed by atoms with E-state index in [9.17, 15) is 0 Å². The van der Waals surface area contributed by atoms with Crippen molar-refractivity contribution in [2.24, 2.45) is 0 Å². The number of fused-ring (bicyclic) bond motifs is 1. The van der Waals surface area contributed by atoms with Crippen LogP contribution in [0.25, 0.3) is 5.52 Å². The Bertz CT molecular complexity index is 515. The average molecular weight is 330 g/mol. The van der Waals surface area contributed by atoms with Gasteiger partial charge in [0.1, 0.15) is 10.4 Å². The minimum Gasteiger partial charge on any atom is -0.301 e. The second-order valence-corrected chi connectivity index (χ2v) is 5.57. The molecule has 0 radical (unpaired) electrons. The van der Waals surface area contributed by atoms with E-state index in [1.165, 1.54) is 25.1 Å². The van der Waals surface area contributed by atoms with Crippen LogP contribution in [0.15, 0.2) is 27.4 Å². The summed E-state index contributed by atoms with van der Waals surface area (Å²) in [5.74, 6) is 1.85. The second kappa shape index (κ2) is 3.59. The van der Waals surface area contributed by atoms with Crippen LogP contribution in [0.1, 0.15) is 31.0 Å². The van der Waals surface area contributed by atoms with Crippen LogP contribution >= 0.6 is 31.9 Å². The largest absolute Gasteiger partial charge is 0.301 e. The molecule has 0 amide bonds. The molecule has 78 valence electrons. The molecule has 1 aliphatic carbocycles. The fourth-order valence-corrected chi connectivity index (χ4v) is 3.42. The summed E-state index contributed by atoms with van der Waals surface area (Å²) in [7, 11) is 0. The van der Waals surface area contributed by atoms with Crippen molar-refractivity contribution in [1.82, 2.24) is 9.38 Å². The van der Waals surface area contributed by atoms with Gasteiger partial charge < -0.3 is 4.40 Å². The molecular weight excluding hydrogens is 320 g/mol. The van der Waals surface area contributed by atoms with Crippen molar-refractivity contribution in [2.45, 2.75) is 25.2 Å². The minimum atomic E-state index is 0.651. The van der Waals surface area contributed by atoms with Crippen molar-refractivity contribution in [3.8, 4) is 0 Å². The van der Waals surface area contributed by atoms with E-state index in [1.807, 2.05) is 12.1 Å². The van der Waals surface area contributed by atoms with Gasteiger partial charge in [-0.3, -0.25) is 0 Å². The lowest BCUT2D eigenvalue weighted by Crippen LogP contribution is -2.12. The normalized spacial score (nSPS) is 16.9. The van der Waals surface area contributed by atoms with E-state index in [4.69, 9.17) is 0 Å². The van der Waals surface area contributed by atoms with E-state index >= 15 is 0 Å². The van der Waals surface area contributed by atoms with Crippen LogP contribution in [-0.4, -0.2) is 9.38 Å². The summed E-state index contributed by atoms with van der Waals surface area (Å²) in [6.07, 6.45) is 5.98. The van der Waals surface area contributed by atoms with Gasteiger partial charge in [-0.25, -0.2) is 4.98 Å². The van der Waals surface area contributed by atoms with Gasteiger partial charge in [0.15, 0.2) is 0 Å². The third-order valence-electron chi connectivity index (χ3n) is 3.07. The predicted molar refractivity (Wildman–Crippen MR) is 67.2 cm³/mol. The molecule has 1 fully saturated rings. The maximum Gasteiger partial charge on any atom is 0.133 e. The second-order valence-electron chi connectivity index (χ2n) is 3.96. The van der Waals surface area contributed by atoms with Crippen LogP contribution in [-0.2, 0) is 0 Å². The van der Waals surface area contributed by atoms with Crippen LogP contribution in [0.5, 0.6) is 0 Å². The number of pyridine rings is 1. The lowest BCUT2D eigenvalue weighted by Gasteiger charge is -2.23. The number of rotatable bonds is 1. The van der Waals surface area contributed by atoms with Crippen molar-refractivity contribution in [3.63, 3.8) is 0 Å². The lowest BCUT2D eigenvalue weighted by atomic mass is 9.85. The number of halogens is 2. The molecule has 15 heavy (non-hydrogen) atoms. The Kier molecular flexibility index (Phi) is 2.36. The maximum atomic E-state index is 4.62. The van der Waals surface area contributed by atoms with Gasteiger partial charge in [0, 0.05) is 16.6 Å². The molecule has 2 nitrogen and oxygen atoms in total. The number of aromatic nitrogens is 2. The smallest absolute Gasteiger partial charge is 0.133 e. The Morgan fingerprint density at radius 2 is 2.13 bits per heavy atom. The van der Waals surface area contributed by atoms with Crippen molar-refractivity contribution in [2.75, 3.05) is 0 Å². The number of hydrogen-bond acceptors (Lipinski definition) is 1. The summed E-state index contributed by atoms with van der Waals surface area (Å²) >= 11 is 7.09. The van der Waals surface area contributed by atoms with Gasteiger partial charge in [0.25, 0.3) is 0 Å². The first-order valence-corrected chi connectivity index (χ1v) is 6.68. The molecule has 2 aromatic rings. The van der Waals surface area contributed by atoms with E-state index in [-0.39, 0.29) is 0 Å². The van der Waals surface area contributed by atoms with E-state index in [0.29, 0.717) is 5.92 Å². The SMILES string of the molecule is Brc1cccn2c(C3CCC3)nc(Br)c12. The van der Waals surface area contributed by atoms with Crippen LogP contribution in [0, 0.1) is 0 Å². The first kappa shape index (κ1) is 9.85. The van der Waals surface area contributed by atoms with Crippen LogP contribution in [0.3, 0.4) is 0 Å². The van der Waals surface area contributed by atoms with Gasteiger partial charge in [0.2, 0.25) is 0 Å². The topological polar surface area (TPSA) is 17.3 Å². The molecule has 0 spiro atoms. The summed E-state index contributed by atoms with van der Waals surface area (Å²) in [5.41, 5.74) is 1.14. The Morgan fingerprint density at radius 3 is 2.80 bits per heavy atom. The van der Waals surface area contributed by atoms with Crippen molar-refractivity contribution in [3.05, 3.63) is 33.2 Å². The Morgan fingerprint density at radius 1 is 1.33 bits per heavy atom. The van der Waals surface area contributed by atoms with E-state index < -0.39 is 0 Å². The van der Waals surface area contributed by atoms with E-state index in [1.54, 1.807) is 0 Å². The fraction of sp³-hybridized carbons (Fsp3) is 0.364. The van der Waals surface area contributed by atoms with Gasteiger partial charge >= 0.3 is 0 Å². The quantitative estimate of drug-likeness (QED) is 0.769. The summed E-state index contributed by atoms with van der Waals surface area (Å²) in [6.45, 7) is 0. The number of hydrogen-bond donors (Lipinski definition) is 0. The molecule has 0 atom stereocenters. The first-order chi connectivity index (χ1) is 7.27. The van der Waals surface area contributed by atoms with Gasteiger partial charge in [-0.05, 0) is 56.8 Å². The molecule has 0 unspecified atom stereocenters. The summed E-state index contributed by atoms with van der Waals surface area (Å²) in [5, 5.41) is 0. The zero-order valence-corrected chi connectivity index (χ0v) is 11.3. The van der Waals surface area contributed by atoms with Crippen molar-refractivity contribution in [1.29, 1.82) is 0 Å². The monoisotopic (exact) mass is 328 g/mol. The van der Waals surface area contributed by atoms with E-state index in [0.717, 1.165) is 14.6 Å². The highest BCUT2D eigenvalue weighted by atomic mass is 79.9. The van der Waals surface area contributed by atoms with Crippen molar-refractivity contribution < 1.29 is 0 Å². The van der Waals surface area contributed by atoms with Crippen LogP contribution in [0.4, 0.5) is 0 Å². The first-order valence-electron chi connectivity index (χ1n) is 5.09. The standard InChI is InChI=1S/C11H10Br2N2/c12-8-5-2-6-15-9(8)10(13)14-11(15)7-3-1-4-7/h2,5-7H,1,3-4H2. The zero-order valence-electron chi connectivity index (χ0n) is 8.08. The summed E-state index contributed by atoms with van der Waals surface area (Å²) in [4.78, 5) is 4.62. The maximum absolute atomic E-state index is 4.62. The summed E-state index contributed by atoms with van der Waals surface area (Å²) in [6, 6.07) is 4.10. The molecule has 1 saturated carbocycles. The summed E-state index contributed by atoms with van der Waals surface area (Å²) < 4.78 is 4.23.